The molecule has 3 aliphatic carbocycles. The maximum Gasteiger partial charge on any atom is 0.136 e. The third-order valence-electron chi connectivity index (χ3n) is 10.7. The number of aromatic nitrogens is 1. The largest absolute Gasteiger partial charge is 0.633 e. The van der Waals surface area contributed by atoms with Crippen molar-refractivity contribution in [3.63, 3.8) is 0 Å². The van der Waals surface area contributed by atoms with Crippen molar-refractivity contribution in [2.45, 2.75) is 80.8 Å². The minimum Gasteiger partial charge on any atom is -0.633 e. The number of benzene rings is 1. The third-order valence-corrected chi connectivity index (χ3v) is 10.7. The molecule has 6 nitrogen and oxygen atoms in total. The van der Waals surface area contributed by atoms with E-state index in [1.54, 1.807) is 14.1 Å². The molecule has 3 heterocycles. The van der Waals surface area contributed by atoms with E-state index in [1.807, 2.05) is 12.4 Å². The van der Waals surface area contributed by atoms with E-state index in [-0.39, 0.29) is 11.0 Å². The van der Waals surface area contributed by atoms with E-state index in [2.05, 4.69) is 48.3 Å². The Morgan fingerprint density at radius 1 is 1.11 bits per heavy atom. The van der Waals surface area contributed by atoms with Crippen LogP contribution in [0.1, 0.15) is 56.9 Å². The normalized spacial score (nSPS) is 43.4. The number of allylic oxidation sites excluding steroid dienone is 1. The van der Waals surface area contributed by atoms with E-state index in [4.69, 9.17) is 4.74 Å². The molecule has 5 aliphatic rings. The van der Waals surface area contributed by atoms with Crippen molar-refractivity contribution in [2.75, 3.05) is 14.1 Å². The molecule has 2 unspecified atom stereocenters. The molecule has 2 aromatic rings. The van der Waals surface area contributed by atoms with Crippen molar-refractivity contribution in [3.05, 3.63) is 70.7 Å². The predicted octanol–water partition coefficient (Wildman–Crippen LogP) is 4.36. The summed E-state index contributed by atoms with van der Waals surface area (Å²) in [4.78, 5) is 4.34. The van der Waals surface area contributed by atoms with Crippen molar-refractivity contribution < 1.29 is 19.6 Å². The van der Waals surface area contributed by atoms with Gasteiger partial charge in [0.25, 0.3) is 0 Å². The first-order valence-electron chi connectivity index (χ1n) is 13.4. The number of hydroxylamine groups is 3. The minimum absolute atomic E-state index is 0.0658. The zero-order valence-corrected chi connectivity index (χ0v) is 21.4. The Balaban J connectivity index is 1.29. The molecular weight excluding hydrogens is 452 g/mol. The Bertz CT molecular complexity index is 1310. The maximum atomic E-state index is 12.9. The van der Waals surface area contributed by atoms with Gasteiger partial charge in [0.15, 0.2) is 0 Å². The number of rotatable bonds is 2. The van der Waals surface area contributed by atoms with E-state index < -0.39 is 28.5 Å². The molecule has 36 heavy (non-hydrogen) atoms. The van der Waals surface area contributed by atoms with Crippen molar-refractivity contribution in [2.24, 2.45) is 11.3 Å². The summed E-state index contributed by atoms with van der Waals surface area (Å²) in [6.07, 6.45) is 11.5. The maximum absolute atomic E-state index is 12.9. The molecule has 0 amide bonds. The zero-order chi connectivity index (χ0) is 25.1. The minimum atomic E-state index is -1.08. The standard InChI is InChI=1S/C30H36N2O4/c1-28-10-8-21-15-23-26(33)27(34)24(32(2,3)35)16-29(23)11-12-30(21,36-29)25(28)7-6-22(28)19-5-4-18-9-13-31-17-20(18)14-19/h4-5,8-9,13-15,17,22,24-27,33-34H,6-7,10-12,16H2,1-3H3/t22-,24+,25-,26-,27?,28-,29-,30?/m1/s1. The van der Waals surface area contributed by atoms with Crippen molar-refractivity contribution in [1.29, 1.82) is 0 Å². The van der Waals surface area contributed by atoms with E-state index in [1.165, 1.54) is 21.9 Å². The lowest BCUT2D eigenvalue weighted by Gasteiger charge is -2.57. The second kappa shape index (κ2) is 7.27. The second-order valence-electron chi connectivity index (χ2n) is 12.8. The van der Waals surface area contributed by atoms with Gasteiger partial charge in [0.1, 0.15) is 18.2 Å². The zero-order valence-electron chi connectivity index (χ0n) is 21.4. The highest BCUT2D eigenvalue weighted by molar-refractivity contribution is 5.82. The second-order valence-corrected chi connectivity index (χ2v) is 12.8. The Hall–Kier alpha value is -2.09. The molecule has 1 aromatic heterocycles. The van der Waals surface area contributed by atoms with Gasteiger partial charge in [-0.3, -0.25) is 4.98 Å². The topological polar surface area (TPSA) is 85.6 Å². The Labute approximate surface area is 212 Å². The van der Waals surface area contributed by atoms with Crippen LogP contribution in [0.5, 0.6) is 0 Å². The van der Waals surface area contributed by atoms with Gasteiger partial charge in [-0.1, -0.05) is 31.2 Å². The van der Waals surface area contributed by atoms with Crippen LogP contribution in [0.15, 0.2) is 60.0 Å². The average molecular weight is 489 g/mol. The molecule has 2 bridgehead atoms. The van der Waals surface area contributed by atoms with Gasteiger partial charge in [-0.05, 0) is 83.6 Å². The lowest BCUT2D eigenvalue weighted by molar-refractivity contribution is -0.873. The fraction of sp³-hybridized carbons (Fsp3) is 0.567. The summed E-state index contributed by atoms with van der Waals surface area (Å²) in [6, 6.07) is 8.29. The van der Waals surface area contributed by atoms with Crippen molar-refractivity contribution in [1.82, 2.24) is 4.98 Å². The molecule has 7 rings (SSSR count). The molecule has 1 saturated heterocycles. The highest BCUT2D eigenvalue weighted by Crippen LogP contribution is 2.69. The number of aliphatic hydroxyl groups is 2. The van der Waals surface area contributed by atoms with Gasteiger partial charge in [0, 0.05) is 24.2 Å². The molecule has 0 radical (unpaired) electrons. The first-order valence-corrected chi connectivity index (χ1v) is 13.4. The lowest BCUT2D eigenvalue weighted by Crippen LogP contribution is -2.65. The lowest BCUT2D eigenvalue weighted by atomic mass is 9.58. The number of nitrogens with zero attached hydrogens (tertiary/aromatic N) is 2. The predicted molar refractivity (Wildman–Crippen MR) is 138 cm³/mol. The SMILES string of the molecule is C[C@]12CC=C3C=C4[C@@H](O)C(O)[C@@H]([N+](C)(C)[O-])C[C@]45CCC3(O5)[C@@H]1CC[C@@H]2c1ccc2ccncc2c1. The fourth-order valence-electron chi connectivity index (χ4n) is 8.88. The molecule has 2 N–H and O–H groups in total. The van der Waals surface area contributed by atoms with Crippen LogP contribution in [-0.4, -0.2) is 63.4 Å². The number of ether oxygens (including phenoxy) is 1. The van der Waals surface area contributed by atoms with Gasteiger partial charge >= 0.3 is 0 Å². The molecule has 2 aliphatic heterocycles. The van der Waals surface area contributed by atoms with E-state index in [0.717, 1.165) is 37.7 Å². The number of fused-ring (bicyclic) bond motifs is 2. The third kappa shape index (κ3) is 2.88. The molecule has 6 heteroatoms. The summed E-state index contributed by atoms with van der Waals surface area (Å²) in [5.74, 6) is 0.808. The molecular formula is C30H36N2O4. The van der Waals surface area contributed by atoms with E-state index in [9.17, 15) is 15.4 Å². The van der Waals surface area contributed by atoms with Crippen LogP contribution < -0.4 is 0 Å². The molecule has 1 aromatic carbocycles. The van der Waals surface area contributed by atoms with Gasteiger partial charge in [0.05, 0.1) is 25.3 Å². The highest BCUT2D eigenvalue weighted by atomic mass is 16.6. The summed E-state index contributed by atoms with van der Waals surface area (Å²) in [5.41, 5.74) is 2.37. The van der Waals surface area contributed by atoms with Gasteiger partial charge in [-0.25, -0.2) is 0 Å². The molecule has 8 atom stereocenters. The summed E-state index contributed by atoms with van der Waals surface area (Å²) < 4.78 is 6.56. The molecule has 190 valence electrons. The number of pyridine rings is 1. The number of quaternary nitrogens is 1. The number of likely N-dealkylation sites (N-methyl/N-ethyl adjacent to an activating group) is 1. The van der Waals surface area contributed by atoms with Crippen LogP contribution in [-0.2, 0) is 4.74 Å². The Kier molecular flexibility index (Phi) is 4.65. The summed E-state index contributed by atoms with van der Waals surface area (Å²) >= 11 is 0. The summed E-state index contributed by atoms with van der Waals surface area (Å²) in [5, 5.41) is 37.4. The van der Waals surface area contributed by atoms with Crippen LogP contribution in [0.3, 0.4) is 0 Å². The van der Waals surface area contributed by atoms with Crippen LogP contribution >= 0.6 is 0 Å². The van der Waals surface area contributed by atoms with Gasteiger partial charge in [0.2, 0.25) is 0 Å². The Morgan fingerprint density at radius 3 is 2.75 bits per heavy atom. The molecule has 2 saturated carbocycles. The first kappa shape index (κ1) is 23.1. The van der Waals surface area contributed by atoms with Crippen LogP contribution in [0, 0.1) is 16.5 Å². The summed E-state index contributed by atoms with van der Waals surface area (Å²) in [6.45, 7) is 2.44. The van der Waals surface area contributed by atoms with Gasteiger partial charge in [-0.2, -0.15) is 0 Å². The highest BCUT2D eigenvalue weighted by Gasteiger charge is 2.69. The first-order chi connectivity index (χ1) is 17.1. The smallest absolute Gasteiger partial charge is 0.136 e. The van der Waals surface area contributed by atoms with Crippen molar-refractivity contribution >= 4 is 10.8 Å². The van der Waals surface area contributed by atoms with Crippen LogP contribution in [0.2, 0.25) is 0 Å². The quantitative estimate of drug-likeness (QED) is 0.485. The van der Waals surface area contributed by atoms with Gasteiger partial charge < -0.3 is 24.8 Å². The van der Waals surface area contributed by atoms with E-state index in [0.29, 0.717) is 18.3 Å². The molecule has 2 spiro atoms. The monoisotopic (exact) mass is 488 g/mol. The fourth-order valence-corrected chi connectivity index (χ4v) is 8.88. The molecule has 3 fully saturated rings. The Morgan fingerprint density at radius 2 is 1.94 bits per heavy atom. The average Bonchev–Trinajstić information content (AvgIpc) is 3.36. The number of hydrogen-bond acceptors (Lipinski definition) is 5. The summed E-state index contributed by atoms with van der Waals surface area (Å²) in [7, 11) is 3.12. The number of aliphatic hydroxyl groups excluding tert-OH is 2. The van der Waals surface area contributed by atoms with Crippen molar-refractivity contribution in [3.8, 4) is 0 Å². The van der Waals surface area contributed by atoms with Crippen LogP contribution in [0.4, 0.5) is 0 Å². The van der Waals surface area contributed by atoms with E-state index >= 15 is 0 Å². The number of hydrogen-bond donors (Lipinski definition) is 2. The van der Waals surface area contributed by atoms with Gasteiger partial charge in [-0.15, -0.1) is 0 Å². The van der Waals surface area contributed by atoms with Crippen LogP contribution in [0.25, 0.3) is 10.8 Å².